The van der Waals surface area contributed by atoms with E-state index in [1.54, 1.807) is 6.07 Å². The van der Waals surface area contributed by atoms with E-state index in [-0.39, 0.29) is 11.7 Å². The molecule has 4 heterocycles. The van der Waals surface area contributed by atoms with Crippen LogP contribution >= 0.6 is 0 Å². The van der Waals surface area contributed by atoms with E-state index in [9.17, 15) is 9.65 Å². The first-order valence-electron chi connectivity index (χ1n) is 12.8. The first-order chi connectivity index (χ1) is 18.1. The van der Waals surface area contributed by atoms with Crippen molar-refractivity contribution in [2.24, 2.45) is 13.0 Å². The highest BCUT2D eigenvalue weighted by Crippen LogP contribution is 2.42. The molecule has 0 spiro atoms. The van der Waals surface area contributed by atoms with E-state index in [2.05, 4.69) is 16.5 Å². The third-order valence-electron chi connectivity index (χ3n) is 7.36. The third kappa shape index (κ3) is 4.59. The van der Waals surface area contributed by atoms with Gasteiger partial charge in [0.2, 0.25) is 5.88 Å². The Morgan fingerprint density at radius 1 is 1.16 bits per heavy atom. The number of fused-ring (bicyclic) bond motifs is 1. The Balaban J connectivity index is 1.54. The van der Waals surface area contributed by atoms with Crippen molar-refractivity contribution in [3.63, 3.8) is 0 Å². The number of halogens is 1. The fourth-order valence-electron chi connectivity index (χ4n) is 5.30. The molecule has 1 N–H and O–H groups in total. The van der Waals surface area contributed by atoms with Gasteiger partial charge in [-0.3, -0.25) is 4.68 Å². The second-order valence-corrected chi connectivity index (χ2v) is 9.86. The quantitative estimate of drug-likeness (QED) is 0.425. The van der Waals surface area contributed by atoms with Crippen LogP contribution in [-0.2, 0) is 18.3 Å². The van der Waals surface area contributed by atoms with Crippen LogP contribution in [0.1, 0.15) is 24.8 Å². The molecule has 2 aromatic carbocycles. The summed E-state index contributed by atoms with van der Waals surface area (Å²) in [6.07, 6.45) is 4.69. The topological polar surface area (TPSA) is 89.9 Å². The Morgan fingerprint density at radius 2 is 2.00 bits per heavy atom. The summed E-state index contributed by atoms with van der Waals surface area (Å²) in [6, 6.07) is 12.7. The molecule has 2 aromatic heterocycles. The summed E-state index contributed by atoms with van der Waals surface area (Å²) in [5.41, 5.74) is 4.00. The molecule has 6 rings (SSSR count). The van der Waals surface area contributed by atoms with Crippen molar-refractivity contribution in [2.75, 3.05) is 26.3 Å². The van der Waals surface area contributed by atoms with Gasteiger partial charge in [0.15, 0.2) is 0 Å². The fraction of sp³-hybridized carbons (Fsp3) is 0.393. The molecule has 2 saturated heterocycles. The summed E-state index contributed by atoms with van der Waals surface area (Å²) in [6.45, 7) is 3.87. The van der Waals surface area contributed by atoms with Crippen LogP contribution in [0, 0.1) is 23.1 Å². The van der Waals surface area contributed by atoms with Crippen molar-refractivity contribution in [3.05, 3.63) is 54.0 Å². The Morgan fingerprint density at radius 3 is 2.76 bits per heavy atom. The molecular formula is C28H29FN6O2. The highest BCUT2D eigenvalue weighted by atomic mass is 19.1. The number of hydrogen-bond acceptors (Lipinski definition) is 6. The maximum Gasteiger partial charge on any atom is 0.220 e. The minimum absolute atomic E-state index is 0.01000. The van der Waals surface area contributed by atoms with Crippen LogP contribution in [0.25, 0.3) is 33.3 Å². The highest BCUT2D eigenvalue weighted by Gasteiger charge is 2.28. The standard InChI is InChI=1S/C28H29FN6O2/c1-34-25-5-4-19(12-22(25)15-32-34)26-27(20-2-3-21(14-30)24(29)13-20)33-35(16-18-6-9-31-10-7-18)28(26)37-23-8-11-36-17-23/h2-5,12-13,15,18,23,31H,6-11,16-17H2,1H3. The number of aryl methyl sites for hydroxylation is 1. The lowest BCUT2D eigenvalue weighted by Gasteiger charge is -2.24. The molecule has 2 aliphatic heterocycles. The number of nitrogens with one attached hydrogen (secondary N) is 1. The highest BCUT2D eigenvalue weighted by molar-refractivity contribution is 5.91. The molecule has 0 saturated carbocycles. The van der Waals surface area contributed by atoms with Gasteiger partial charge in [-0.15, -0.1) is 0 Å². The van der Waals surface area contributed by atoms with Gasteiger partial charge in [0.25, 0.3) is 0 Å². The molecule has 0 radical (unpaired) electrons. The smallest absolute Gasteiger partial charge is 0.220 e. The van der Waals surface area contributed by atoms with Crippen LogP contribution in [0.4, 0.5) is 4.39 Å². The number of nitrogens with zero attached hydrogens (tertiary/aromatic N) is 5. The lowest BCUT2D eigenvalue weighted by molar-refractivity contribution is 0.131. The molecule has 190 valence electrons. The van der Waals surface area contributed by atoms with Crippen molar-refractivity contribution in [1.29, 1.82) is 5.26 Å². The van der Waals surface area contributed by atoms with E-state index >= 15 is 0 Å². The first kappa shape index (κ1) is 23.6. The van der Waals surface area contributed by atoms with E-state index in [1.165, 1.54) is 12.1 Å². The van der Waals surface area contributed by atoms with Crippen LogP contribution in [0.3, 0.4) is 0 Å². The summed E-state index contributed by atoms with van der Waals surface area (Å²) >= 11 is 0. The monoisotopic (exact) mass is 500 g/mol. The van der Waals surface area contributed by atoms with Crippen LogP contribution in [0.5, 0.6) is 5.88 Å². The molecule has 8 nitrogen and oxygen atoms in total. The van der Waals surface area contributed by atoms with E-state index < -0.39 is 5.82 Å². The Hall–Kier alpha value is -3.74. The van der Waals surface area contributed by atoms with Crippen molar-refractivity contribution < 1.29 is 13.9 Å². The predicted octanol–water partition coefficient (Wildman–Crippen LogP) is 4.28. The molecule has 0 aliphatic carbocycles. The molecule has 37 heavy (non-hydrogen) atoms. The summed E-state index contributed by atoms with van der Waals surface area (Å²) in [5, 5.41) is 23.1. The minimum atomic E-state index is -0.562. The fourth-order valence-corrected chi connectivity index (χ4v) is 5.30. The average Bonchev–Trinajstić information content (AvgIpc) is 3.65. The van der Waals surface area contributed by atoms with E-state index in [0.29, 0.717) is 42.8 Å². The zero-order valence-electron chi connectivity index (χ0n) is 20.8. The van der Waals surface area contributed by atoms with Gasteiger partial charge in [0.05, 0.1) is 36.1 Å². The molecule has 2 aliphatic rings. The lowest BCUT2D eigenvalue weighted by atomic mass is 9.98. The molecule has 2 fully saturated rings. The summed E-state index contributed by atoms with van der Waals surface area (Å²) in [4.78, 5) is 0. The van der Waals surface area contributed by atoms with Crippen LogP contribution in [0.15, 0.2) is 42.6 Å². The maximum absolute atomic E-state index is 14.8. The molecule has 0 amide bonds. The van der Waals surface area contributed by atoms with Gasteiger partial charge in [0, 0.05) is 31.0 Å². The van der Waals surface area contributed by atoms with Crippen molar-refractivity contribution in [2.45, 2.75) is 31.9 Å². The predicted molar refractivity (Wildman–Crippen MR) is 137 cm³/mol. The van der Waals surface area contributed by atoms with Gasteiger partial charge in [-0.05, 0) is 61.7 Å². The zero-order valence-corrected chi connectivity index (χ0v) is 20.8. The van der Waals surface area contributed by atoms with E-state index in [1.807, 2.05) is 40.8 Å². The lowest BCUT2D eigenvalue weighted by Crippen LogP contribution is -2.30. The SMILES string of the molecule is Cn1ncc2cc(-c3c(-c4ccc(C#N)c(F)c4)nn(CC4CCNCC4)c3OC3CCOC3)ccc21. The van der Waals surface area contributed by atoms with Crippen molar-refractivity contribution in [1.82, 2.24) is 24.9 Å². The van der Waals surface area contributed by atoms with Crippen LogP contribution in [-0.4, -0.2) is 52.0 Å². The van der Waals surface area contributed by atoms with Gasteiger partial charge in [-0.1, -0.05) is 12.1 Å². The van der Waals surface area contributed by atoms with Gasteiger partial charge < -0.3 is 14.8 Å². The first-order valence-corrected chi connectivity index (χ1v) is 12.8. The van der Waals surface area contributed by atoms with E-state index in [0.717, 1.165) is 54.4 Å². The maximum atomic E-state index is 14.8. The number of hydrogen-bond donors (Lipinski definition) is 1. The Kier molecular flexibility index (Phi) is 6.37. The summed E-state index contributed by atoms with van der Waals surface area (Å²) < 4.78 is 30.8. The molecule has 9 heteroatoms. The van der Waals surface area contributed by atoms with Gasteiger partial charge in [-0.2, -0.15) is 15.5 Å². The summed E-state index contributed by atoms with van der Waals surface area (Å²) in [7, 11) is 1.92. The van der Waals surface area contributed by atoms with E-state index in [4.69, 9.17) is 14.6 Å². The van der Waals surface area contributed by atoms with Crippen LogP contribution < -0.4 is 10.1 Å². The Bertz CT molecular complexity index is 1470. The molecule has 4 aromatic rings. The third-order valence-corrected chi connectivity index (χ3v) is 7.36. The van der Waals surface area contributed by atoms with Crippen LogP contribution in [0.2, 0.25) is 0 Å². The normalized spacial score (nSPS) is 18.4. The Labute approximate surface area is 214 Å². The second kappa shape index (κ2) is 9.96. The second-order valence-electron chi connectivity index (χ2n) is 9.86. The average molecular weight is 501 g/mol. The summed E-state index contributed by atoms with van der Waals surface area (Å²) in [5.74, 6) is 0.577. The minimum Gasteiger partial charge on any atom is -0.472 e. The largest absolute Gasteiger partial charge is 0.472 e. The number of nitriles is 1. The van der Waals surface area contributed by atoms with Gasteiger partial charge in [-0.25, -0.2) is 9.07 Å². The number of ether oxygens (including phenoxy) is 2. The number of rotatable bonds is 6. The number of piperidine rings is 1. The molecule has 1 atom stereocenters. The number of aromatic nitrogens is 4. The molecule has 1 unspecified atom stereocenters. The van der Waals surface area contributed by atoms with Gasteiger partial charge >= 0.3 is 0 Å². The van der Waals surface area contributed by atoms with Crippen molar-refractivity contribution >= 4 is 10.9 Å². The number of benzene rings is 2. The van der Waals surface area contributed by atoms with Crippen molar-refractivity contribution in [3.8, 4) is 34.3 Å². The molecular weight excluding hydrogens is 471 g/mol. The molecule has 0 bridgehead atoms. The van der Waals surface area contributed by atoms with Gasteiger partial charge in [0.1, 0.15) is 23.7 Å². The zero-order chi connectivity index (χ0) is 25.4.